The van der Waals surface area contributed by atoms with Crippen LogP contribution in [0.25, 0.3) is 0 Å². The first-order chi connectivity index (χ1) is 12.0. The highest BCUT2D eigenvalue weighted by atomic mass is 35.5. The van der Waals surface area contributed by atoms with Gasteiger partial charge in [0, 0.05) is 18.9 Å². The van der Waals surface area contributed by atoms with Gasteiger partial charge in [-0.1, -0.05) is 41.9 Å². The molecule has 2 atom stereocenters. The summed E-state index contributed by atoms with van der Waals surface area (Å²) in [6.45, 7) is -0.0871. The summed E-state index contributed by atoms with van der Waals surface area (Å²) >= 11 is 5.61. The van der Waals surface area contributed by atoms with E-state index in [1.165, 1.54) is 12.1 Å². The van der Waals surface area contributed by atoms with Crippen LogP contribution in [0.1, 0.15) is 22.7 Å². The molecule has 0 bridgehead atoms. The summed E-state index contributed by atoms with van der Waals surface area (Å²) in [5.41, 5.74) is 2.35. The Labute approximate surface area is 149 Å². The van der Waals surface area contributed by atoms with Crippen molar-refractivity contribution in [2.24, 2.45) is 5.92 Å². The molecule has 0 saturated heterocycles. The van der Waals surface area contributed by atoms with Gasteiger partial charge in [-0.15, -0.1) is 0 Å². The maximum atomic E-state index is 13.4. The molecule has 0 aromatic heterocycles. The summed E-state index contributed by atoms with van der Waals surface area (Å²) in [5.74, 6) is -2.20. The average molecular weight is 362 g/mol. The number of Topliss-reactive ketones (excluding diaryl/α,β-unsaturated/α-hetero) is 1. The quantitative estimate of drug-likeness (QED) is 0.804. The maximum absolute atomic E-state index is 13.4. The second-order valence-electron chi connectivity index (χ2n) is 6.15. The van der Waals surface area contributed by atoms with Gasteiger partial charge in [0.05, 0.1) is 11.1 Å². The summed E-state index contributed by atoms with van der Waals surface area (Å²) in [7, 11) is 0. The predicted octanol–water partition coefficient (Wildman–Crippen LogP) is 2.61. The van der Waals surface area contributed by atoms with Gasteiger partial charge in [0.15, 0.2) is 0 Å². The van der Waals surface area contributed by atoms with E-state index in [0.717, 1.165) is 17.2 Å². The summed E-state index contributed by atoms with van der Waals surface area (Å²) in [6.07, 6.45) is 0.437. The van der Waals surface area contributed by atoms with E-state index in [2.05, 4.69) is 5.32 Å². The van der Waals surface area contributed by atoms with Crippen LogP contribution >= 0.6 is 11.6 Å². The number of hydrogen-bond donors (Lipinski definition) is 2. The monoisotopic (exact) mass is 361 g/mol. The zero-order valence-electron chi connectivity index (χ0n) is 13.3. The zero-order valence-corrected chi connectivity index (χ0v) is 14.1. The Morgan fingerprint density at radius 3 is 2.72 bits per heavy atom. The smallest absolute Gasteiger partial charge is 0.288 e. The van der Waals surface area contributed by atoms with Crippen molar-refractivity contribution in [2.75, 3.05) is 6.61 Å². The number of amides is 1. The maximum Gasteiger partial charge on any atom is 0.288 e. The van der Waals surface area contributed by atoms with Crippen molar-refractivity contribution in [1.82, 2.24) is 5.32 Å². The van der Waals surface area contributed by atoms with Crippen molar-refractivity contribution < 1.29 is 19.1 Å². The number of ketones is 1. The molecule has 0 spiro atoms. The molecular formula is C19H17ClFNO3. The lowest BCUT2D eigenvalue weighted by atomic mass is 10.0. The van der Waals surface area contributed by atoms with Crippen molar-refractivity contribution in [1.29, 1.82) is 0 Å². The van der Waals surface area contributed by atoms with Crippen LogP contribution in [0.2, 0.25) is 5.02 Å². The third-order valence-electron chi connectivity index (χ3n) is 4.47. The Kier molecular flexibility index (Phi) is 5.16. The number of rotatable bonds is 5. The van der Waals surface area contributed by atoms with E-state index >= 15 is 0 Å². The van der Waals surface area contributed by atoms with Crippen molar-refractivity contribution >= 4 is 23.3 Å². The SMILES string of the molecule is O=C(Cc1ccc(Cl)c(F)c1)C(=O)N[C@H]1c2ccccc2C[C@@H]1CO. The predicted molar refractivity (Wildman–Crippen MR) is 91.7 cm³/mol. The molecule has 4 nitrogen and oxygen atoms in total. The lowest BCUT2D eigenvalue weighted by Crippen LogP contribution is -2.37. The highest BCUT2D eigenvalue weighted by molar-refractivity contribution is 6.36. The molecule has 0 fully saturated rings. The van der Waals surface area contributed by atoms with Crippen LogP contribution in [0, 0.1) is 11.7 Å². The highest BCUT2D eigenvalue weighted by Gasteiger charge is 2.33. The second-order valence-corrected chi connectivity index (χ2v) is 6.55. The van der Waals surface area contributed by atoms with Crippen molar-refractivity contribution in [3.8, 4) is 0 Å². The van der Waals surface area contributed by atoms with Crippen molar-refractivity contribution in [2.45, 2.75) is 18.9 Å². The van der Waals surface area contributed by atoms with E-state index in [0.29, 0.717) is 12.0 Å². The van der Waals surface area contributed by atoms with Gasteiger partial charge in [-0.05, 0) is 35.2 Å². The van der Waals surface area contributed by atoms with Crippen LogP contribution in [0.15, 0.2) is 42.5 Å². The van der Waals surface area contributed by atoms with E-state index < -0.39 is 23.5 Å². The number of benzene rings is 2. The van der Waals surface area contributed by atoms with E-state index in [-0.39, 0.29) is 24.0 Å². The topological polar surface area (TPSA) is 66.4 Å². The molecule has 0 aliphatic heterocycles. The molecule has 2 aromatic rings. The summed E-state index contributed by atoms with van der Waals surface area (Å²) < 4.78 is 13.4. The minimum absolute atomic E-state index is 0.0333. The molecule has 1 amide bonds. The van der Waals surface area contributed by atoms with E-state index in [1.54, 1.807) is 0 Å². The molecular weight excluding hydrogens is 345 g/mol. The van der Waals surface area contributed by atoms with E-state index in [4.69, 9.17) is 11.6 Å². The molecule has 1 aliphatic carbocycles. The molecule has 0 saturated carbocycles. The minimum atomic E-state index is -0.740. The van der Waals surface area contributed by atoms with Crippen LogP contribution in [0.3, 0.4) is 0 Å². The number of aliphatic hydroxyl groups excluding tert-OH is 1. The first kappa shape index (κ1) is 17.6. The molecule has 3 rings (SSSR count). The second kappa shape index (κ2) is 7.33. The third-order valence-corrected chi connectivity index (χ3v) is 4.77. The molecule has 0 radical (unpaired) electrons. The van der Waals surface area contributed by atoms with Gasteiger partial charge < -0.3 is 10.4 Å². The van der Waals surface area contributed by atoms with Gasteiger partial charge in [0.2, 0.25) is 5.78 Å². The number of aliphatic hydroxyl groups is 1. The fraction of sp³-hybridized carbons (Fsp3) is 0.263. The average Bonchev–Trinajstić information content (AvgIpc) is 2.96. The molecule has 0 unspecified atom stereocenters. The first-order valence-corrected chi connectivity index (χ1v) is 8.33. The summed E-state index contributed by atoms with van der Waals surface area (Å²) in [4.78, 5) is 24.4. The first-order valence-electron chi connectivity index (χ1n) is 7.96. The van der Waals surface area contributed by atoms with Crippen LogP contribution in [-0.2, 0) is 22.4 Å². The summed E-state index contributed by atoms with van der Waals surface area (Å²) in [6, 6.07) is 11.2. The van der Waals surface area contributed by atoms with Crippen LogP contribution in [-0.4, -0.2) is 23.4 Å². The molecule has 25 heavy (non-hydrogen) atoms. The number of hydrogen-bond acceptors (Lipinski definition) is 3. The van der Waals surface area contributed by atoms with Gasteiger partial charge in [-0.2, -0.15) is 0 Å². The van der Waals surface area contributed by atoms with Gasteiger partial charge in [0.1, 0.15) is 5.82 Å². The number of carbonyl (C=O) groups excluding carboxylic acids is 2. The van der Waals surface area contributed by atoms with Crippen LogP contribution < -0.4 is 5.32 Å². The fourth-order valence-corrected chi connectivity index (χ4v) is 3.30. The largest absolute Gasteiger partial charge is 0.396 e. The minimum Gasteiger partial charge on any atom is -0.396 e. The fourth-order valence-electron chi connectivity index (χ4n) is 3.18. The van der Waals surface area contributed by atoms with Crippen LogP contribution in [0.4, 0.5) is 4.39 Å². The van der Waals surface area contributed by atoms with Gasteiger partial charge in [-0.25, -0.2) is 4.39 Å². The van der Waals surface area contributed by atoms with Crippen LogP contribution in [0.5, 0.6) is 0 Å². The van der Waals surface area contributed by atoms with Gasteiger partial charge in [0.25, 0.3) is 5.91 Å². The van der Waals surface area contributed by atoms with Crippen molar-refractivity contribution in [3.63, 3.8) is 0 Å². The lowest BCUT2D eigenvalue weighted by molar-refractivity contribution is -0.138. The molecule has 2 aromatic carbocycles. The van der Waals surface area contributed by atoms with Gasteiger partial charge >= 0.3 is 0 Å². The standard InChI is InChI=1S/C19H17ClFNO3/c20-15-6-5-11(7-16(15)21)8-17(24)19(25)22-18-13(10-23)9-12-3-1-2-4-14(12)18/h1-7,13,18,23H,8-10H2,(H,22,25)/t13-,18-/m1/s1. The normalized spacial score (nSPS) is 18.7. The zero-order chi connectivity index (χ0) is 18.0. The van der Waals surface area contributed by atoms with E-state index in [1.807, 2.05) is 24.3 Å². The lowest BCUT2D eigenvalue weighted by Gasteiger charge is -2.20. The number of halogens is 2. The Bertz CT molecular complexity index is 824. The Hall–Kier alpha value is -2.24. The van der Waals surface area contributed by atoms with Crippen molar-refractivity contribution in [3.05, 3.63) is 70.0 Å². The molecule has 2 N–H and O–H groups in total. The number of fused-ring (bicyclic) bond motifs is 1. The Balaban J connectivity index is 1.70. The number of carbonyl (C=O) groups is 2. The third kappa shape index (κ3) is 3.72. The van der Waals surface area contributed by atoms with Gasteiger partial charge in [-0.3, -0.25) is 9.59 Å². The molecule has 130 valence electrons. The molecule has 1 aliphatic rings. The Morgan fingerprint density at radius 2 is 2.00 bits per heavy atom. The molecule has 6 heteroatoms. The summed E-state index contributed by atoms with van der Waals surface area (Å²) in [5, 5.41) is 12.2. The Morgan fingerprint density at radius 1 is 1.24 bits per heavy atom. The highest BCUT2D eigenvalue weighted by Crippen LogP contribution is 2.35. The number of nitrogens with one attached hydrogen (secondary N) is 1. The molecule has 0 heterocycles. The van der Waals surface area contributed by atoms with E-state index in [9.17, 15) is 19.1 Å².